The lowest BCUT2D eigenvalue weighted by atomic mass is 10.0. The molecular formula is C17H11BrFNO2S. The molecule has 23 heavy (non-hydrogen) atoms. The summed E-state index contributed by atoms with van der Waals surface area (Å²) < 4.78 is 14.2. The fourth-order valence-electron chi connectivity index (χ4n) is 2.20. The number of thiophene rings is 1. The van der Waals surface area contributed by atoms with Crippen LogP contribution in [-0.2, 0) is 0 Å². The molecule has 0 atom stereocenters. The molecule has 1 heterocycles. The van der Waals surface area contributed by atoms with Gasteiger partial charge >= 0.3 is 5.97 Å². The molecule has 0 unspecified atom stereocenters. The van der Waals surface area contributed by atoms with Crippen LogP contribution in [0.25, 0.3) is 11.1 Å². The molecule has 0 bridgehead atoms. The van der Waals surface area contributed by atoms with Gasteiger partial charge in [0, 0.05) is 21.1 Å². The quantitative estimate of drug-likeness (QED) is 0.594. The van der Waals surface area contributed by atoms with E-state index in [4.69, 9.17) is 0 Å². The standard InChI is InChI=1S/C17H11BrFNO2S/c18-11-6-4-10(5-7-11)14-9-23-16(15(14)17(21)22)20-13-3-1-2-12(19)8-13/h1-9,20H,(H,21,22). The van der Waals surface area contributed by atoms with Gasteiger partial charge < -0.3 is 10.4 Å². The van der Waals surface area contributed by atoms with Crippen molar-refractivity contribution < 1.29 is 14.3 Å². The predicted molar refractivity (Wildman–Crippen MR) is 94.1 cm³/mol. The van der Waals surface area contributed by atoms with Gasteiger partial charge in [-0.15, -0.1) is 11.3 Å². The number of rotatable bonds is 4. The Morgan fingerprint density at radius 3 is 2.57 bits per heavy atom. The number of hydrogen-bond donors (Lipinski definition) is 2. The minimum absolute atomic E-state index is 0.182. The van der Waals surface area contributed by atoms with Gasteiger partial charge in [-0.3, -0.25) is 0 Å². The van der Waals surface area contributed by atoms with Crippen LogP contribution in [0.5, 0.6) is 0 Å². The molecule has 0 radical (unpaired) electrons. The van der Waals surface area contributed by atoms with Crippen molar-refractivity contribution in [2.45, 2.75) is 0 Å². The van der Waals surface area contributed by atoms with Gasteiger partial charge in [0.15, 0.2) is 0 Å². The molecule has 2 N–H and O–H groups in total. The molecule has 3 rings (SSSR count). The second-order valence-electron chi connectivity index (χ2n) is 4.80. The third kappa shape index (κ3) is 3.43. The van der Waals surface area contributed by atoms with Gasteiger partial charge in [0.25, 0.3) is 0 Å². The highest BCUT2D eigenvalue weighted by molar-refractivity contribution is 9.10. The molecule has 0 saturated carbocycles. The zero-order chi connectivity index (χ0) is 16.4. The number of halogens is 2. The Morgan fingerprint density at radius 2 is 1.91 bits per heavy atom. The van der Waals surface area contributed by atoms with Crippen molar-refractivity contribution >= 4 is 43.9 Å². The Labute approximate surface area is 144 Å². The number of nitrogens with one attached hydrogen (secondary N) is 1. The third-order valence-corrected chi connectivity index (χ3v) is 4.67. The first-order valence-electron chi connectivity index (χ1n) is 6.68. The van der Waals surface area contributed by atoms with Crippen molar-refractivity contribution in [3.8, 4) is 11.1 Å². The number of benzene rings is 2. The van der Waals surface area contributed by atoms with Gasteiger partial charge in [-0.2, -0.15) is 0 Å². The van der Waals surface area contributed by atoms with E-state index in [0.717, 1.165) is 10.0 Å². The number of aromatic carboxylic acids is 1. The summed E-state index contributed by atoms with van der Waals surface area (Å²) in [6.07, 6.45) is 0. The summed E-state index contributed by atoms with van der Waals surface area (Å²) in [5, 5.41) is 14.8. The van der Waals surface area contributed by atoms with Gasteiger partial charge in [0.1, 0.15) is 16.4 Å². The van der Waals surface area contributed by atoms with Gasteiger partial charge in [-0.1, -0.05) is 34.1 Å². The molecule has 0 saturated heterocycles. The molecule has 6 heteroatoms. The smallest absolute Gasteiger partial charge is 0.339 e. The first kappa shape index (κ1) is 15.7. The molecule has 116 valence electrons. The van der Waals surface area contributed by atoms with Crippen molar-refractivity contribution in [2.24, 2.45) is 0 Å². The predicted octanol–water partition coefficient (Wildman–Crippen LogP) is 5.76. The monoisotopic (exact) mass is 391 g/mol. The first-order chi connectivity index (χ1) is 11.0. The van der Waals surface area contributed by atoms with E-state index in [1.165, 1.54) is 23.5 Å². The van der Waals surface area contributed by atoms with Gasteiger partial charge in [-0.05, 0) is 35.9 Å². The second kappa shape index (κ2) is 6.52. The SMILES string of the molecule is O=C(O)c1c(-c2ccc(Br)cc2)csc1Nc1cccc(F)c1. The van der Waals surface area contributed by atoms with Crippen LogP contribution >= 0.6 is 27.3 Å². The van der Waals surface area contributed by atoms with Gasteiger partial charge in [-0.25, -0.2) is 9.18 Å². The maximum atomic E-state index is 13.3. The van der Waals surface area contributed by atoms with Crippen molar-refractivity contribution in [3.63, 3.8) is 0 Å². The van der Waals surface area contributed by atoms with E-state index in [1.54, 1.807) is 17.5 Å². The number of anilines is 2. The van der Waals surface area contributed by atoms with E-state index in [1.807, 2.05) is 24.3 Å². The lowest BCUT2D eigenvalue weighted by molar-refractivity contribution is 0.0699. The normalized spacial score (nSPS) is 10.5. The highest BCUT2D eigenvalue weighted by Gasteiger charge is 2.19. The summed E-state index contributed by atoms with van der Waals surface area (Å²) in [4.78, 5) is 11.7. The number of carboxylic acid groups (broad SMARTS) is 1. The topological polar surface area (TPSA) is 49.3 Å². The van der Waals surface area contributed by atoms with Gasteiger partial charge in [0.2, 0.25) is 0 Å². The molecule has 0 aliphatic carbocycles. The van der Waals surface area contributed by atoms with Crippen LogP contribution in [0.4, 0.5) is 15.1 Å². The van der Waals surface area contributed by atoms with E-state index in [2.05, 4.69) is 21.2 Å². The minimum Gasteiger partial charge on any atom is -0.478 e. The van der Waals surface area contributed by atoms with E-state index in [-0.39, 0.29) is 11.4 Å². The van der Waals surface area contributed by atoms with Crippen molar-refractivity contribution in [1.82, 2.24) is 0 Å². The summed E-state index contributed by atoms with van der Waals surface area (Å²) in [5.41, 5.74) is 2.14. The summed E-state index contributed by atoms with van der Waals surface area (Å²) >= 11 is 4.64. The highest BCUT2D eigenvalue weighted by atomic mass is 79.9. The molecule has 3 nitrogen and oxygen atoms in total. The summed E-state index contributed by atoms with van der Waals surface area (Å²) in [6.45, 7) is 0. The maximum absolute atomic E-state index is 13.3. The molecule has 0 aliphatic rings. The average Bonchev–Trinajstić information content (AvgIpc) is 2.92. The Hall–Kier alpha value is -2.18. The zero-order valence-electron chi connectivity index (χ0n) is 11.7. The Kier molecular flexibility index (Phi) is 4.45. The minimum atomic E-state index is -1.02. The molecule has 3 aromatic rings. The molecule has 1 aromatic heterocycles. The second-order valence-corrected chi connectivity index (χ2v) is 6.60. The van der Waals surface area contributed by atoms with E-state index >= 15 is 0 Å². The zero-order valence-corrected chi connectivity index (χ0v) is 14.1. The van der Waals surface area contributed by atoms with E-state index in [9.17, 15) is 14.3 Å². The Bertz CT molecular complexity index is 861. The first-order valence-corrected chi connectivity index (χ1v) is 8.35. The Morgan fingerprint density at radius 1 is 1.17 bits per heavy atom. The lowest BCUT2D eigenvalue weighted by Crippen LogP contribution is -2.01. The lowest BCUT2D eigenvalue weighted by Gasteiger charge is -2.07. The fraction of sp³-hybridized carbons (Fsp3) is 0. The van der Waals surface area contributed by atoms with Crippen LogP contribution in [0.15, 0.2) is 58.4 Å². The van der Waals surface area contributed by atoms with Crippen LogP contribution in [0.1, 0.15) is 10.4 Å². The summed E-state index contributed by atoms with van der Waals surface area (Å²) in [6, 6.07) is 13.3. The molecule has 0 fully saturated rings. The van der Waals surface area contributed by atoms with E-state index < -0.39 is 5.97 Å². The highest BCUT2D eigenvalue weighted by Crippen LogP contribution is 2.37. The molecule has 2 aromatic carbocycles. The van der Waals surface area contributed by atoms with Crippen molar-refractivity contribution in [2.75, 3.05) is 5.32 Å². The van der Waals surface area contributed by atoms with Crippen LogP contribution in [0.2, 0.25) is 0 Å². The molecule has 0 spiro atoms. The largest absolute Gasteiger partial charge is 0.478 e. The summed E-state index contributed by atoms with van der Waals surface area (Å²) in [7, 11) is 0. The molecule has 0 amide bonds. The Balaban J connectivity index is 2.02. The van der Waals surface area contributed by atoms with Crippen LogP contribution < -0.4 is 5.32 Å². The number of carboxylic acids is 1. The maximum Gasteiger partial charge on any atom is 0.339 e. The number of hydrogen-bond acceptors (Lipinski definition) is 3. The van der Waals surface area contributed by atoms with Crippen LogP contribution in [-0.4, -0.2) is 11.1 Å². The van der Waals surface area contributed by atoms with E-state index in [0.29, 0.717) is 16.3 Å². The van der Waals surface area contributed by atoms with Crippen molar-refractivity contribution in [3.05, 3.63) is 69.8 Å². The van der Waals surface area contributed by atoms with Gasteiger partial charge in [0.05, 0.1) is 0 Å². The average molecular weight is 392 g/mol. The van der Waals surface area contributed by atoms with Crippen LogP contribution in [0, 0.1) is 5.82 Å². The number of carbonyl (C=O) groups is 1. The van der Waals surface area contributed by atoms with Crippen molar-refractivity contribution in [1.29, 1.82) is 0 Å². The third-order valence-electron chi connectivity index (χ3n) is 3.24. The molecule has 0 aliphatic heterocycles. The molecular weight excluding hydrogens is 381 g/mol. The fourth-order valence-corrected chi connectivity index (χ4v) is 3.45. The summed E-state index contributed by atoms with van der Waals surface area (Å²) in [5.74, 6) is -1.40. The van der Waals surface area contributed by atoms with Crippen LogP contribution in [0.3, 0.4) is 0 Å².